The number of aromatic nitrogens is 3. The molecule has 1 saturated heterocycles. The lowest BCUT2D eigenvalue weighted by Gasteiger charge is -2.21. The Kier molecular flexibility index (Phi) is 6.70. The van der Waals surface area contributed by atoms with Crippen molar-refractivity contribution in [2.45, 2.75) is 45.4 Å². The van der Waals surface area contributed by atoms with E-state index in [9.17, 15) is 9.59 Å². The predicted octanol–water partition coefficient (Wildman–Crippen LogP) is 3.92. The van der Waals surface area contributed by atoms with Crippen molar-refractivity contribution in [3.8, 4) is 11.3 Å². The summed E-state index contributed by atoms with van der Waals surface area (Å²) in [5, 5.41) is 6.16. The monoisotopic (exact) mass is 445 g/mol. The summed E-state index contributed by atoms with van der Waals surface area (Å²) >= 11 is 0. The van der Waals surface area contributed by atoms with E-state index in [0.29, 0.717) is 17.2 Å². The molecule has 0 spiro atoms. The zero-order valence-electron chi connectivity index (χ0n) is 19.4. The van der Waals surface area contributed by atoms with Crippen LogP contribution in [-0.2, 0) is 11.8 Å². The topological polar surface area (TPSA) is 99.8 Å². The van der Waals surface area contributed by atoms with E-state index in [4.69, 9.17) is 4.98 Å². The highest BCUT2D eigenvalue weighted by molar-refractivity contribution is 6.04. The maximum Gasteiger partial charge on any atom is 0.271 e. The van der Waals surface area contributed by atoms with Gasteiger partial charge in [-0.2, -0.15) is 0 Å². The molecule has 33 heavy (non-hydrogen) atoms. The van der Waals surface area contributed by atoms with Crippen LogP contribution in [-0.4, -0.2) is 33.9 Å². The number of H-pyrrole nitrogens is 1. The van der Waals surface area contributed by atoms with Crippen LogP contribution in [0.4, 0.5) is 5.69 Å². The van der Waals surface area contributed by atoms with Crippen LogP contribution in [0.15, 0.2) is 53.6 Å². The predicted molar refractivity (Wildman–Crippen MR) is 130 cm³/mol. The molecule has 1 unspecified atom stereocenters. The fraction of sp³-hybridized carbons (Fsp3) is 0.385. The van der Waals surface area contributed by atoms with E-state index in [1.807, 2.05) is 18.2 Å². The Balaban J connectivity index is 1.51. The number of amides is 1. The third kappa shape index (κ3) is 5.73. The number of nitrogens with one attached hydrogen (secondary N) is 3. The number of pyridine rings is 1. The molecular weight excluding hydrogens is 414 g/mol. The molecule has 1 amide bonds. The van der Waals surface area contributed by atoms with Crippen molar-refractivity contribution in [1.29, 1.82) is 0 Å². The molecule has 1 aliphatic rings. The van der Waals surface area contributed by atoms with E-state index < -0.39 is 0 Å². The van der Waals surface area contributed by atoms with Crippen molar-refractivity contribution >= 4 is 11.6 Å². The smallest absolute Gasteiger partial charge is 0.271 e. The van der Waals surface area contributed by atoms with E-state index in [0.717, 1.165) is 36.5 Å². The number of carbonyl (C=O) groups is 1. The van der Waals surface area contributed by atoms with Crippen LogP contribution in [0.1, 0.15) is 55.4 Å². The summed E-state index contributed by atoms with van der Waals surface area (Å²) in [5.74, 6) is 0.993. The summed E-state index contributed by atoms with van der Waals surface area (Å²) in [5.41, 5.74) is 2.91. The Morgan fingerprint density at radius 1 is 1.18 bits per heavy atom. The molecular formula is C26H31N5O2. The molecule has 3 aromatic rings. The molecule has 1 fully saturated rings. The molecule has 172 valence electrons. The highest BCUT2D eigenvalue weighted by Crippen LogP contribution is 2.23. The molecule has 1 aliphatic heterocycles. The molecule has 0 bridgehead atoms. The van der Waals surface area contributed by atoms with Gasteiger partial charge in [0.05, 0.1) is 5.69 Å². The molecule has 3 heterocycles. The minimum Gasteiger partial charge on any atom is -0.327 e. The van der Waals surface area contributed by atoms with Crippen LogP contribution in [0.2, 0.25) is 0 Å². The second kappa shape index (κ2) is 9.67. The lowest BCUT2D eigenvalue weighted by atomic mass is 9.87. The fourth-order valence-corrected chi connectivity index (χ4v) is 4.06. The summed E-state index contributed by atoms with van der Waals surface area (Å²) in [6.45, 7) is 8.43. The number of rotatable bonds is 5. The van der Waals surface area contributed by atoms with Crippen LogP contribution in [0.5, 0.6) is 0 Å². The van der Waals surface area contributed by atoms with Gasteiger partial charge >= 0.3 is 0 Å². The lowest BCUT2D eigenvalue weighted by Crippen LogP contribution is -2.31. The summed E-state index contributed by atoms with van der Waals surface area (Å²) in [4.78, 5) is 37.0. The molecule has 3 N–H and O–H groups in total. The number of hydrogen-bond donors (Lipinski definition) is 3. The summed E-state index contributed by atoms with van der Waals surface area (Å²) < 4.78 is 0. The summed E-state index contributed by atoms with van der Waals surface area (Å²) in [7, 11) is 0. The Morgan fingerprint density at radius 2 is 1.97 bits per heavy atom. The number of aromatic amines is 1. The third-order valence-electron chi connectivity index (χ3n) is 6.04. The minimum atomic E-state index is -0.360. The van der Waals surface area contributed by atoms with Gasteiger partial charge in [0.2, 0.25) is 0 Å². The fourth-order valence-electron chi connectivity index (χ4n) is 4.06. The number of nitrogens with zero attached hydrogens (tertiary/aromatic N) is 2. The van der Waals surface area contributed by atoms with Crippen molar-refractivity contribution < 1.29 is 4.79 Å². The van der Waals surface area contributed by atoms with E-state index in [1.54, 1.807) is 30.6 Å². The Morgan fingerprint density at radius 3 is 2.67 bits per heavy atom. The van der Waals surface area contributed by atoms with Gasteiger partial charge in [0, 0.05) is 29.9 Å². The first-order valence-electron chi connectivity index (χ1n) is 11.5. The molecule has 0 aliphatic carbocycles. The number of carbonyl (C=O) groups excluding carboxylic acids is 1. The number of piperidine rings is 1. The molecule has 0 radical (unpaired) electrons. The Labute approximate surface area is 194 Å². The van der Waals surface area contributed by atoms with Crippen molar-refractivity contribution in [2.75, 3.05) is 18.4 Å². The summed E-state index contributed by atoms with van der Waals surface area (Å²) in [6, 6.07) is 10.9. The summed E-state index contributed by atoms with van der Waals surface area (Å²) in [6.07, 6.45) is 6.52. The molecule has 0 saturated carbocycles. The van der Waals surface area contributed by atoms with E-state index >= 15 is 0 Å². The number of anilines is 1. The molecule has 1 aromatic carbocycles. The van der Waals surface area contributed by atoms with Crippen LogP contribution in [0.25, 0.3) is 11.3 Å². The highest BCUT2D eigenvalue weighted by atomic mass is 16.2. The Bertz CT molecular complexity index is 1170. The van der Waals surface area contributed by atoms with E-state index in [-0.39, 0.29) is 22.6 Å². The molecule has 4 rings (SSSR count). The lowest BCUT2D eigenvalue weighted by molar-refractivity contribution is 0.102. The number of benzene rings is 1. The van der Waals surface area contributed by atoms with Gasteiger partial charge in [-0.1, -0.05) is 32.9 Å². The van der Waals surface area contributed by atoms with Crippen LogP contribution < -0.4 is 16.2 Å². The van der Waals surface area contributed by atoms with Crippen molar-refractivity contribution in [1.82, 2.24) is 20.3 Å². The van der Waals surface area contributed by atoms with Gasteiger partial charge in [-0.05, 0) is 67.1 Å². The van der Waals surface area contributed by atoms with E-state index in [2.05, 4.69) is 41.4 Å². The van der Waals surface area contributed by atoms with Gasteiger partial charge in [0.15, 0.2) is 0 Å². The zero-order valence-corrected chi connectivity index (χ0v) is 19.4. The van der Waals surface area contributed by atoms with Gasteiger partial charge < -0.3 is 15.6 Å². The van der Waals surface area contributed by atoms with Crippen LogP contribution in [0.3, 0.4) is 0 Å². The first-order valence-corrected chi connectivity index (χ1v) is 11.5. The Hall–Kier alpha value is -3.32. The van der Waals surface area contributed by atoms with Gasteiger partial charge in [-0.25, -0.2) is 9.97 Å². The quantitative estimate of drug-likeness (QED) is 0.553. The highest BCUT2D eigenvalue weighted by Gasteiger charge is 2.17. The van der Waals surface area contributed by atoms with Gasteiger partial charge in [-0.3, -0.25) is 9.59 Å². The van der Waals surface area contributed by atoms with Gasteiger partial charge in [-0.15, -0.1) is 0 Å². The maximum absolute atomic E-state index is 12.8. The van der Waals surface area contributed by atoms with Crippen molar-refractivity contribution in [3.05, 3.63) is 76.1 Å². The molecule has 7 heteroatoms. The largest absolute Gasteiger partial charge is 0.327 e. The zero-order chi connectivity index (χ0) is 23.4. The van der Waals surface area contributed by atoms with Crippen molar-refractivity contribution in [2.24, 2.45) is 5.92 Å². The minimum absolute atomic E-state index is 0.00434. The number of hydrogen-bond acceptors (Lipinski definition) is 5. The molecule has 2 aromatic heterocycles. The maximum atomic E-state index is 12.8. The van der Waals surface area contributed by atoms with Gasteiger partial charge in [0.1, 0.15) is 11.5 Å². The van der Waals surface area contributed by atoms with Crippen LogP contribution >= 0.6 is 0 Å². The first kappa shape index (κ1) is 22.9. The molecule has 7 nitrogen and oxygen atoms in total. The van der Waals surface area contributed by atoms with Gasteiger partial charge in [0.25, 0.3) is 11.5 Å². The normalized spacial score (nSPS) is 16.4. The second-order valence-electron chi connectivity index (χ2n) is 9.69. The standard InChI is InChI=1S/C26H31N5O2/c1-26(2,3)20-8-6-18(7-9-20)24(32)31-22-14-19(16-29-25(22)33)21-10-12-28-23(30-21)13-17-5-4-11-27-15-17/h6-10,12,14,16-17,27H,4-5,11,13,15H2,1-3H3,(H,29,33)(H,31,32). The molecule has 1 atom stereocenters. The average Bonchev–Trinajstić information content (AvgIpc) is 2.81. The average molecular weight is 446 g/mol. The van der Waals surface area contributed by atoms with Crippen molar-refractivity contribution in [3.63, 3.8) is 0 Å². The third-order valence-corrected chi connectivity index (χ3v) is 6.04. The first-order chi connectivity index (χ1) is 15.8. The van der Waals surface area contributed by atoms with E-state index in [1.165, 1.54) is 12.8 Å². The second-order valence-corrected chi connectivity index (χ2v) is 9.69. The SMILES string of the molecule is CC(C)(C)c1ccc(C(=O)Nc2cc(-c3ccnc(CC4CCCNC4)n3)c[nH]c2=O)cc1. The van der Waals surface area contributed by atoms with Crippen LogP contribution in [0, 0.1) is 5.92 Å².